The first-order valence-electron chi connectivity index (χ1n) is 3.90. The summed E-state index contributed by atoms with van der Waals surface area (Å²) < 4.78 is 1.18. The summed E-state index contributed by atoms with van der Waals surface area (Å²) in [6.45, 7) is 6.26. The molecule has 0 saturated heterocycles. The highest BCUT2D eigenvalue weighted by Crippen LogP contribution is 2.20. The lowest BCUT2D eigenvalue weighted by Crippen LogP contribution is -1.96. The summed E-state index contributed by atoms with van der Waals surface area (Å²) in [5.41, 5.74) is 6.44. The molecule has 0 saturated carbocycles. The molecule has 2 heteroatoms. The molecule has 11 heavy (non-hydrogen) atoms. The van der Waals surface area contributed by atoms with Crippen LogP contribution in [0, 0.1) is 5.92 Å². The van der Waals surface area contributed by atoms with Gasteiger partial charge in [-0.1, -0.05) is 35.9 Å². The van der Waals surface area contributed by atoms with Crippen molar-refractivity contribution >= 4 is 15.9 Å². The molecule has 2 N–H and O–H groups in total. The van der Waals surface area contributed by atoms with E-state index in [1.807, 2.05) is 19.1 Å². The van der Waals surface area contributed by atoms with Gasteiger partial charge in [-0.3, -0.25) is 0 Å². The van der Waals surface area contributed by atoms with Crippen LogP contribution in [0.4, 0.5) is 0 Å². The maximum Gasteiger partial charge on any atom is 0.0278 e. The van der Waals surface area contributed by atoms with Crippen molar-refractivity contribution in [2.45, 2.75) is 27.2 Å². The molecular formula is C9H16BrN. The molecule has 0 aliphatic rings. The summed E-state index contributed by atoms with van der Waals surface area (Å²) in [6, 6.07) is 0. The number of nitrogens with two attached hydrogens (primary N) is 1. The number of hydrogen-bond donors (Lipinski definition) is 1. The summed E-state index contributed by atoms with van der Waals surface area (Å²) in [4.78, 5) is 0. The maximum absolute atomic E-state index is 5.62. The van der Waals surface area contributed by atoms with E-state index in [0.717, 1.165) is 12.1 Å². The second-order valence-electron chi connectivity index (χ2n) is 2.63. The summed E-state index contributed by atoms with van der Waals surface area (Å²) in [6.07, 6.45) is 4.99. The van der Waals surface area contributed by atoms with E-state index in [-0.39, 0.29) is 0 Å². The predicted molar refractivity (Wildman–Crippen MR) is 54.4 cm³/mol. The lowest BCUT2D eigenvalue weighted by atomic mass is 10.1. The molecule has 0 heterocycles. The first kappa shape index (κ1) is 10.8. The Hall–Kier alpha value is -0.240. The van der Waals surface area contributed by atoms with Gasteiger partial charge in [-0.15, -0.1) is 0 Å². The number of halogens is 1. The highest BCUT2D eigenvalue weighted by molar-refractivity contribution is 9.11. The number of allylic oxidation sites excluding steroid dienone is 3. The van der Waals surface area contributed by atoms with E-state index in [1.54, 1.807) is 0 Å². The Morgan fingerprint density at radius 3 is 2.55 bits per heavy atom. The maximum atomic E-state index is 5.62. The highest BCUT2D eigenvalue weighted by Gasteiger charge is 2.01. The molecule has 0 radical (unpaired) electrons. The van der Waals surface area contributed by atoms with Crippen molar-refractivity contribution in [2.24, 2.45) is 11.7 Å². The molecular weight excluding hydrogens is 202 g/mol. The van der Waals surface area contributed by atoms with Crippen LogP contribution < -0.4 is 5.73 Å². The molecule has 0 aromatic carbocycles. The van der Waals surface area contributed by atoms with Crippen LogP contribution >= 0.6 is 15.9 Å². The van der Waals surface area contributed by atoms with Crippen molar-refractivity contribution in [1.82, 2.24) is 0 Å². The average Bonchev–Trinajstić information content (AvgIpc) is 2.02. The Kier molecular flexibility index (Phi) is 5.30. The van der Waals surface area contributed by atoms with Crippen molar-refractivity contribution in [2.75, 3.05) is 0 Å². The van der Waals surface area contributed by atoms with Crippen LogP contribution in [-0.4, -0.2) is 0 Å². The molecule has 1 nitrogen and oxygen atoms in total. The van der Waals surface area contributed by atoms with Gasteiger partial charge in [0.1, 0.15) is 0 Å². The van der Waals surface area contributed by atoms with Gasteiger partial charge >= 0.3 is 0 Å². The Bertz CT molecular complexity index is 170. The molecule has 1 unspecified atom stereocenters. The third kappa shape index (κ3) is 4.25. The van der Waals surface area contributed by atoms with E-state index in [9.17, 15) is 0 Å². The summed E-state index contributed by atoms with van der Waals surface area (Å²) >= 11 is 3.49. The molecule has 1 atom stereocenters. The third-order valence-electron chi connectivity index (χ3n) is 1.72. The Morgan fingerprint density at radius 1 is 1.64 bits per heavy atom. The van der Waals surface area contributed by atoms with E-state index in [2.05, 4.69) is 29.8 Å². The predicted octanol–water partition coefficient (Wildman–Crippen LogP) is 3.17. The zero-order valence-electron chi connectivity index (χ0n) is 7.39. The molecule has 0 rings (SSSR count). The molecule has 64 valence electrons. The van der Waals surface area contributed by atoms with Gasteiger partial charge in [0.2, 0.25) is 0 Å². The standard InChI is InChI=1S/C9H16BrN/c1-4-7(3)9(10)6-8(11)5-2/h5-7H,4,11H2,1-3H3/b8-5+,9-6+. The smallest absolute Gasteiger partial charge is 0.0278 e. The van der Waals surface area contributed by atoms with Gasteiger partial charge in [0, 0.05) is 5.70 Å². The van der Waals surface area contributed by atoms with Crippen LogP contribution in [0.5, 0.6) is 0 Å². The summed E-state index contributed by atoms with van der Waals surface area (Å²) in [7, 11) is 0. The van der Waals surface area contributed by atoms with Crippen LogP contribution in [0.25, 0.3) is 0 Å². The largest absolute Gasteiger partial charge is 0.399 e. The Labute approximate surface area is 77.5 Å². The van der Waals surface area contributed by atoms with Crippen molar-refractivity contribution in [3.05, 3.63) is 22.3 Å². The number of hydrogen-bond acceptors (Lipinski definition) is 1. The fourth-order valence-corrected chi connectivity index (χ4v) is 1.17. The zero-order chi connectivity index (χ0) is 8.85. The summed E-state index contributed by atoms with van der Waals surface area (Å²) in [5, 5.41) is 0. The van der Waals surface area contributed by atoms with Crippen molar-refractivity contribution in [3.63, 3.8) is 0 Å². The van der Waals surface area contributed by atoms with Crippen LogP contribution in [-0.2, 0) is 0 Å². The van der Waals surface area contributed by atoms with Gasteiger partial charge in [-0.25, -0.2) is 0 Å². The second-order valence-corrected chi connectivity index (χ2v) is 3.54. The topological polar surface area (TPSA) is 26.0 Å². The van der Waals surface area contributed by atoms with Gasteiger partial charge in [-0.2, -0.15) is 0 Å². The molecule has 0 spiro atoms. The molecule has 0 aromatic rings. The van der Waals surface area contributed by atoms with E-state index < -0.39 is 0 Å². The Balaban J connectivity index is 4.21. The minimum atomic E-state index is 0.563. The zero-order valence-corrected chi connectivity index (χ0v) is 8.98. The monoisotopic (exact) mass is 217 g/mol. The fraction of sp³-hybridized carbons (Fsp3) is 0.556. The number of rotatable bonds is 3. The molecule has 0 aliphatic heterocycles. The van der Waals surface area contributed by atoms with Crippen molar-refractivity contribution < 1.29 is 0 Å². The van der Waals surface area contributed by atoms with Crippen LogP contribution in [0.2, 0.25) is 0 Å². The van der Waals surface area contributed by atoms with Gasteiger partial charge in [0.15, 0.2) is 0 Å². The molecule has 0 amide bonds. The lowest BCUT2D eigenvalue weighted by Gasteiger charge is -2.06. The van der Waals surface area contributed by atoms with E-state index >= 15 is 0 Å². The summed E-state index contributed by atoms with van der Waals surface area (Å²) in [5.74, 6) is 0.563. The normalized spacial score (nSPS) is 16.7. The lowest BCUT2D eigenvalue weighted by molar-refractivity contribution is 0.689. The quantitative estimate of drug-likeness (QED) is 0.723. The highest BCUT2D eigenvalue weighted by atomic mass is 79.9. The van der Waals surface area contributed by atoms with Crippen LogP contribution in [0.3, 0.4) is 0 Å². The Morgan fingerprint density at radius 2 is 2.18 bits per heavy atom. The van der Waals surface area contributed by atoms with Gasteiger partial charge in [-0.05, 0) is 29.8 Å². The fourth-order valence-electron chi connectivity index (χ4n) is 0.580. The van der Waals surface area contributed by atoms with Crippen molar-refractivity contribution in [1.29, 1.82) is 0 Å². The molecule has 0 aliphatic carbocycles. The van der Waals surface area contributed by atoms with E-state index in [4.69, 9.17) is 5.73 Å². The van der Waals surface area contributed by atoms with Gasteiger partial charge in [0.25, 0.3) is 0 Å². The molecule has 0 aromatic heterocycles. The van der Waals surface area contributed by atoms with Crippen LogP contribution in [0.1, 0.15) is 27.2 Å². The average molecular weight is 218 g/mol. The van der Waals surface area contributed by atoms with Gasteiger partial charge in [0.05, 0.1) is 0 Å². The van der Waals surface area contributed by atoms with Gasteiger partial charge < -0.3 is 5.73 Å². The minimum Gasteiger partial charge on any atom is -0.399 e. The first-order chi connectivity index (χ1) is 5.11. The van der Waals surface area contributed by atoms with E-state index in [1.165, 1.54) is 4.48 Å². The third-order valence-corrected chi connectivity index (χ3v) is 2.73. The van der Waals surface area contributed by atoms with Crippen LogP contribution in [0.15, 0.2) is 22.3 Å². The molecule has 0 fully saturated rings. The van der Waals surface area contributed by atoms with E-state index in [0.29, 0.717) is 5.92 Å². The first-order valence-corrected chi connectivity index (χ1v) is 4.70. The minimum absolute atomic E-state index is 0.563. The second kappa shape index (κ2) is 5.42. The molecule has 0 bridgehead atoms. The SMILES string of the molecule is C/C=C(N)\C=C(\Br)C(C)CC. The van der Waals surface area contributed by atoms with Crippen molar-refractivity contribution in [3.8, 4) is 0 Å².